The Morgan fingerprint density at radius 3 is 2.74 bits per heavy atom. The van der Waals surface area contributed by atoms with Gasteiger partial charge < -0.3 is 10.0 Å². The van der Waals surface area contributed by atoms with Crippen LogP contribution in [0.15, 0.2) is 33.4 Å². The van der Waals surface area contributed by atoms with E-state index in [1.807, 2.05) is 23.4 Å². The zero-order chi connectivity index (χ0) is 14.0. The summed E-state index contributed by atoms with van der Waals surface area (Å²) in [6.45, 7) is 0.633. The van der Waals surface area contributed by atoms with Crippen molar-refractivity contribution in [1.29, 1.82) is 0 Å². The third kappa shape index (κ3) is 3.33. The Kier molecular flexibility index (Phi) is 4.21. The molecule has 0 saturated heterocycles. The van der Waals surface area contributed by atoms with Gasteiger partial charge in [0.25, 0.3) is 0 Å². The third-order valence-electron chi connectivity index (χ3n) is 2.67. The Morgan fingerprint density at radius 1 is 1.47 bits per heavy atom. The molecular weight excluding hydrogens is 333 g/mol. The molecule has 0 aliphatic carbocycles. The van der Waals surface area contributed by atoms with E-state index in [9.17, 15) is 9.18 Å². The van der Waals surface area contributed by atoms with Crippen molar-refractivity contribution in [3.63, 3.8) is 0 Å². The standard InChI is InChI=1S/C13H11BrFNO2S/c1-16(6-8-4-12(14)19-7-8)9-2-3-10(13(17)18)11(15)5-9/h2-5,7H,6H2,1H3,(H,17,18). The van der Waals surface area contributed by atoms with E-state index in [1.165, 1.54) is 12.1 Å². The molecule has 100 valence electrons. The maximum atomic E-state index is 13.6. The highest BCUT2D eigenvalue weighted by molar-refractivity contribution is 9.11. The third-order valence-corrected chi connectivity index (χ3v) is 4.22. The van der Waals surface area contributed by atoms with E-state index in [2.05, 4.69) is 15.9 Å². The molecule has 0 bridgehead atoms. The lowest BCUT2D eigenvalue weighted by molar-refractivity contribution is 0.0692. The van der Waals surface area contributed by atoms with Gasteiger partial charge in [0.15, 0.2) is 0 Å². The molecule has 0 aliphatic rings. The second-order valence-corrected chi connectivity index (χ2v) is 6.37. The topological polar surface area (TPSA) is 40.5 Å². The summed E-state index contributed by atoms with van der Waals surface area (Å²) in [6, 6.07) is 6.13. The van der Waals surface area contributed by atoms with Gasteiger partial charge in [0.1, 0.15) is 5.82 Å². The van der Waals surface area contributed by atoms with Gasteiger partial charge in [-0.25, -0.2) is 9.18 Å². The summed E-state index contributed by atoms with van der Waals surface area (Å²) in [5.74, 6) is -1.98. The van der Waals surface area contributed by atoms with Crippen molar-refractivity contribution in [3.05, 3.63) is 50.4 Å². The highest BCUT2D eigenvalue weighted by Gasteiger charge is 2.12. The largest absolute Gasteiger partial charge is 0.478 e. The van der Waals surface area contributed by atoms with Gasteiger partial charge >= 0.3 is 5.97 Å². The molecule has 2 rings (SSSR count). The van der Waals surface area contributed by atoms with Gasteiger partial charge in [-0.05, 0) is 51.1 Å². The summed E-state index contributed by atoms with van der Waals surface area (Å²) in [6.07, 6.45) is 0. The molecular formula is C13H11BrFNO2S. The van der Waals surface area contributed by atoms with E-state index in [1.54, 1.807) is 17.4 Å². The molecule has 1 aromatic carbocycles. The number of anilines is 1. The van der Waals surface area contributed by atoms with Crippen LogP contribution in [0.3, 0.4) is 0 Å². The minimum Gasteiger partial charge on any atom is -0.478 e. The van der Waals surface area contributed by atoms with E-state index in [-0.39, 0.29) is 5.56 Å². The highest BCUT2D eigenvalue weighted by Crippen LogP contribution is 2.24. The summed E-state index contributed by atoms with van der Waals surface area (Å²) < 4.78 is 14.6. The van der Waals surface area contributed by atoms with Crippen molar-refractivity contribution in [3.8, 4) is 0 Å². The van der Waals surface area contributed by atoms with Crippen LogP contribution in [0.1, 0.15) is 15.9 Å². The number of halogens is 2. The normalized spacial score (nSPS) is 10.5. The van der Waals surface area contributed by atoms with Crippen molar-refractivity contribution in [2.45, 2.75) is 6.54 Å². The fraction of sp³-hybridized carbons (Fsp3) is 0.154. The van der Waals surface area contributed by atoms with Crippen molar-refractivity contribution >= 4 is 38.9 Å². The van der Waals surface area contributed by atoms with Crippen LogP contribution < -0.4 is 4.90 Å². The van der Waals surface area contributed by atoms with Crippen LogP contribution in [0.2, 0.25) is 0 Å². The number of benzene rings is 1. The van der Waals surface area contributed by atoms with Gasteiger partial charge in [-0.2, -0.15) is 0 Å². The van der Waals surface area contributed by atoms with Gasteiger partial charge in [-0.1, -0.05) is 0 Å². The number of aromatic carboxylic acids is 1. The number of thiophene rings is 1. The van der Waals surface area contributed by atoms with Crippen LogP contribution in [0.4, 0.5) is 10.1 Å². The average molecular weight is 344 g/mol. The number of nitrogens with zero attached hydrogens (tertiary/aromatic N) is 1. The maximum absolute atomic E-state index is 13.6. The lowest BCUT2D eigenvalue weighted by atomic mass is 10.2. The number of hydrogen-bond acceptors (Lipinski definition) is 3. The molecule has 3 nitrogen and oxygen atoms in total. The maximum Gasteiger partial charge on any atom is 0.338 e. The summed E-state index contributed by atoms with van der Waals surface area (Å²) in [5, 5.41) is 10.8. The second-order valence-electron chi connectivity index (χ2n) is 4.08. The Bertz CT molecular complexity index is 614. The molecule has 0 radical (unpaired) electrons. The predicted octanol–water partition coefficient (Wildman–Crippen LogP) is 3.98. The molecule has 0 atom stereocenters. The number of hydrogen-bond donors (Lipinski definition) is 1. The summed E-state index contributed by atoms with van der Waals surface area (Å²) >= 11 is 4.98. The quantitative estimate of drug-likeness (QED) is 0.912. The number of carboxylic acid groups (broad SMARTS) is 1. The first-order valence-corrected chi connectivity index (χ1v) is 7.11. The lowest BCUT2D eigenvalue weighted by Crippen LogP contribution is -2.16. The first-order chi connectivity index (χ1) is 8.97. The summed E-state index contributed by atoms with van der Waals surface area (Å²) in [4.78, 5) is 12.6. The fourth-order valence-electron chi connectivity index (χ4n) is 1.71. The van der Waals surface area contributed by atoms with Gasteiger partial charge in [0.2, 0.25) is 0 Å². The monoisotopic (exact) mass is 343 g/mol. The smallest absolute Gasteiger partial charge is 0.338 e. The van der Waals surface area contributed by atoms with E-state index in [0.717, 1.165) is 9.35 Å². The van der Waals surface area contributed by atoms with Crippen molar-refractivity contribution in [1.82, 2.24) is 0 Å². The minimum absolute atomic E-state index is 0.310. The van der Waals surface area contributed by atoms with Gasteiger partial charge in [0, 0.05) is 19.3 Å². The Morgan fingerprint density at radius 2 is 2.21 bits per heavy atom. The van der Waals surface area contributed by atoms with Gasteiger partial charge in [-0.3, -0.25) is 0 Å². The van der Waals surface area contributed by atoms with Crippen LogP contribution in [-0.4, -0.2) is 18.1 Å². The SMILES string of the molecule is CN(Cc1csc(Br)c1)c1ccc(C(=O)O)c(F)c1. The van der Waals surface area contributed by atoms with Gasteiger partial charge in [0.05, 0.1) is 9.35 Å². The molecule has 2 aromatic rings. The summed E-state index contributed by atoms with van der Waals surface area (Å²) in [7, 11) is 1.83. The van der Waals surface area contributed by atoms with E-state index >= 15 is 0 Å². The van der Waals surface area contributed by atoms with Crippen LogP contribution in [0.25, 0.3) is 0 Å². The number of carbonyl (C=O) groups is 1. The molecule has 6 heteroatoms. The summed E-state index contributed by atoms with van der Waals surface area (Å²) in [5.41, 5.74) is 1.45. The molecule has 0 fully saturated rings. The molecule has 0 unspecified atom stereocenters. The van der Waals surface area contributed by atoms with E-state index in [0.29, 0.717) is 12.2 Å². The molecule has 1 N–H and O–H groups in total. The first kappa shape index (κ1) is 14.0. The van der Waals surface area contributed by atoms with Crippen LogP contribution in [0.5, 0.6) is 0 Å². The first-order valence-electron chi connectivity index (χ1n) is 5.44. The zero-order valence-electron chi connectivity index (χ0n) is 10.1. The van der Waals surface area contributed by atoms with E-state index < -0.39 is 11.8 Å². The van der Waals surface area contributed by atoms with Crippen LogP contribution in [-0.2, 0) is 6.54 Å². The van der Waals surface area contributed by atoms with E-state index in [4.69, 9.17) is 5.11 Å². The number of carboxylic acids is 1. The van der Waals surface area contributed by atoms with Crippen molar-refractivity contribution < 1.29 is 14.3 Å². The Balaban J connectivity index is 2.17. The van der Waals surface area contributed by atoms with Crippen molar-refractivity contribution in [2.75, 3.05) is 11.9 Å². The molecule has 1 aromatic heterocycles. The molecule has 1 heterocycles. The fourth-order valence-corrected chi connectivity index (χ4v) is 2.91. The highest BCUT2D eigenvalue weighted by atomic mass is 79.9. The minimum atomic E-state index is -1.26. The molecule has 0 amide bonds. The molecule has 0 saturated carbocycles. The molecule has 19 heavy (non-hydrogen) atoms. The second kappa shape index (κ2) is 5.71. The lowest BCUT2D eigenvalue weighted by Gasteiger charge is -2.19. The van der Waals surface area contributed by atoms with Gasteiger partial charge in [-0.15, -0.1) is 11.3 Å². The van der Waals surface area contributed by atoms with Crippen molar-refractivity contribution in [2.24, 2.45) is 0 Å². The van der Waals surface area contributed by atoms with Crippen LogP contribution in [0, 0.1) is 5.82 Å². The Labute approximate surface area is 122 Å². The predicted molar refractivity (Wildman–Crippen MR) is 77.5 cm³/mol. The molecule has 0 spiro atoms. The molecule has 0 aliphatic heterocycles. The van der Waals surface area contributed by atoms with Crippen LogP contribution >= 0.6 is 27.3 Å². The number of rotatable bonds is 4. The Hall–Kier alpha value is -1.40. The zero-order valence-corrected chi connectivity index (χ0v) is 12.5. The average Bonchev–Trinajstić information content (AvgIpc) is 2.74.